The highest BCUT2D eigenvalue weighted by Gasteiger charge is 2.28. The van der Waals surface area contributed by atoms with Crippen molar-refractivity contribution < 1.29 is 4.79 Å². The van der Waals surface area contributed by atoms with E-state index in [-0.39, 0.29) is 30.9 Å². The zero-order valence-corrected chi connectivity index (χ0v) is 17.5. The summed E-state index contributed by atoms with van der Waals surface area (Å²) in [6.07, 6.45) is 5.04. The van der Waals surface area contributed by atoms with Crippen molar-refractivity contribution in [1.29, 1.82) is 0 Å². The highest BCUT2D eigenvalue weighted by molar-refractivity contribution is 6.30. The largest absolute Gasteiger partial charge is 0.341 e. The van der Waals surface area contributed by atoms with Crippen LogP contribution in [0.2, 0.25) is 5.02 Å². The molecule has 0 aromatic heterocycles. The number of amides is 1. The van der Waals surface area contributed by atoms with E-state index in [2.05, 4.69) is 17.0 Å². The first kappa shape index (κ1) is 23.5. The summed E-state index contributed by atoms with van der Waals surface area (Å²) in [5.41, 5.74) is 7.39. The van der Waals surface area contributed by atoms with Crippen LogP contribution in [0, 0.1) is 5.92 Å². The highest BCUT2D eigenvalue weighted by atomic mass is 35.5. The van der Waals surface area contributed by atoms with Crippen molar-refractivity contribution in [2.75, 3.05) is 26.2 Å². The van der Waals surface area contributed by atoms with Crippen molar-refractivity contribution >= 4 is 42.3 Å². The fourth-order valence-corrected chi connectivity index (χ4v) is 4.02. The first-order valence-electron chi connectivity index (χ1n) is 9.12. The summed E-state index contributed by atoms with van der Waals surface area (Å²) >= 11 is 5.95. The maximum atomic E-state index is 12.6. The van der Waals surface area contributed by atoms with E-state index in [1.54, 1.807) is 0 Å². The lowest BCUT2D eigenvalue weighted by Crippen LogP contribution is -2.37. The fraction of sp³-hybridized carbons (Fsp3) is 0.632. The van der Waals surface area contributed by atoms with Crippen LogP contribution < -0.4 is 5.73 Å². The quantitative estimate of drug-likeness (QED) is 0.804. The molecule has 1 aliphatic carbocycles. The Hall–Kier alpha value is -0.520. The normalized spacial score (nSPS) is 23.7. The summed E-state index contributed by atoms with van der Waals surface area (Å²) < 4.78 is 0. The molecule has 1 heterocycles. The van der Waals surface area contributed by atoms with Gasteiger partial charge in [0.25, 0.3) is 0 Å². The molecule has 1 saturated carbocycles. The molecule has 1 aromatic carbocycles. The molecule has 2 aliphatic rings. The number of halogens is 3. The molecule has 1 aromatic rings. The van der Waals surface area contributed by atoms with Gasteiger partial charge in [-0.25, -0.2) is 0 Å². The van der Waals surface area contributed by atoms with E-state index in [0.717, 1.165) is 57.0 Å². The van der Waals surface area contributed by atoms with Crippen LogP contribution in [0.4, 0.5) is 0 Å². The summed E-state index contributed by atoms with van der Waals surface area (Å²) in [6, 6.07) is 8.27. The van der Waals surface area contributed by atoms with Crippen LogP contribution >= 0.6 is 36.4 Å². The summed E-state index contributed by atoms with van der Waals surface area (Å²) in [5, 5.41) is 0.775. The van der Waals surface area contributed by atoms with E-state index in [1.165, 1.54) is 12.0 Å². The molecule has 148 valence electrons. The average Bonchev–Trinajstić information content (AvgIpc) is 2.83. The van der Waals surface area contributed by atoms with Gasteiger partial charge >= 0.3 is 0 Å². The third-order valence-electron chi connectivity index (χ3n) is 5.42. The molecule has 4 nitrogen and oxygen atoms in total. The maximum Gasteiger partial charge on any atom is 0.222 e. The molecule has 0 bridgehead atoms. The van der Waals surface area contributed by atoms with Crippen molar-refractivity contribution in [2.24, 2.45) is 11.7 Å². The smallest absolute Gasteiger partial charge is 0.222 e. The van der Waals surface area contributed by atoms with E-state index >= 15 is 0 Å². The molecule has 2 atom stereocenters. The molecule has 26 heavy (non-hydrogen) atoms. The molecular formula is C19H30Cl3N3O. The van der Waals surface area contributed by atoms with E-state index in [9.17, 15) is 4.79 Å². The summed E-state index contributed by atoms with van der Waals surface area (Å²) in [6.45, 7) is 4.60. The van der Waals surface area contributed by atoms with Crippen LogP contribution in [0.1, 0.15) is 37.7 Å². The van der Waals surface area contributed by atoms with Gasteiger partial charge in [-0.15, -0.1) is 24.8 Å². The van der Waals surface area contributed by atoms with Gasteiger partial charge in [0, 0.05) is 50.2 Å². The highest BCUT2D eigenvalue weighted by Crippen LogP contribution is 2.27. The average molecular weight is 423 g/mol. The SMILES string of the molecule is Cl.Cl.N[C@@H]1CCC[C@H]1CC(=O)N1CCCN(Cc2ccc(Cl)cc2)CC1. The predicted octanol–water partition coefficient (Wildman–Crippen LogP) is 3.74. The Labute approximate surface area is 174 Å². The van der Waals surface area contributed by atoms with Crippen molar-refractivity contribution in [3.63, 3.8) is 0 Å². The van der Waals surface area contributed by atoms with Gasteiger partial charge in [-0.3, -0.25) is 9.69 Å². The van der Waals surface area contributed by atoms with Crippen molar-refractivity contribution in [1.82, 2.24) is 9.80 Å². The minimum Gasteiger partial charge on any atom is -0.341 e. The van der Waals surface area contributed by atoms with Crippen molar-refractivity contribution in [3.05, 3.63) is 34.9 Å². The lowest BCUT2D eigenvalue weighted by atomic mass is 9.99. The van der Waals surface area contributed by atoms with Crippen molar-refractivity contribution in [3.8, 4) is 0 Å². The monoisotopic (exact) mass is 421 g/mol. The minimum atomic E-state index is 0. The number of benzene rings is 1. The Kier molecular flexibility index (Phi) is 10.3. The van der Waals surface area contributed by atoms with Crippen molar-refractivity contribution in [2.45, 2.75) is 44.7 Å². The third-order valence-corrected chi connectivity index (χ3v) is 5.67. The predicted molar refractivity (Wildman–Crippen MR) is 112 cm³/mol. The number of nitrogens with zero attached hydrogens (tertiary/aromatic N) is 2. The van der Waals surface area contributed by atoms with Crippen LogP contribution in [-0.2, 0) is 11.3 Å². The van der Waals surface area contributed by atoms with Gasteiger partial charge in [0.1, 0.15) is 0 Å². The number of hydrogen-bond acceptors (Lipinski definition) is 3. The van der Waals surface area contributed by atoms with Crippen LogP contribution in [0.25, 0.3) is 0 Å². The van der Waals surface area contributed by atoms with Gasteiger partial charge in [0.2, 0.25) is 5.91 Å². The third kappa shape index (κ3) is 6.58. The summed E-state index contributed by atoms with van der Waals surface area (Å²) in [5.74, 6) is 0.691. The summed E-state index contributed by atoms with van der Waals surface area (Å²) in [4.78, 5) is 17.1. The first-order chi connectivity index (χ1) is 11.6. The Morgan fingerprint density at radius 2 is 1.77 bits per heavy atom. The minimum absolute atomic E-state index is 0. The zero-order chi connectivity index (χ0) is 16.9. The Morgan fingerprint density at radius 1 is 1.04 bits per heavy atom. The fourth-order valence-electron chi connectivity index (χ4n) is 3.90. The molecule has 7 heteroatoms. The molecule has 2 N–H and O–H groups in total. The Morgan fingerprint density at radius 3 is 2.42 bits per heavy atom. The Balaban J connectivity index is 0.00000169. The molecule has 1 amide bonds. The number of carbonyl (C=O) groups excluding carboxylic acids is 1. The number of rotatable bonds is 4. The number of carbonyl (C=O) groups is 1. The molecule has 2 fully saturated rings. The van der Waals surface area contributed by atoms with Gasteiger partial charge in [-0.1, -0.05) is 30.2 Å². The van der Waals surface area contributed by atoms with Gasteiger partial charge in [-0.05, 0) is 42.9 Å². The molecule has 0 radical (unpaired) electrons. The molecular weight excluding hydrogens is 393 g/mol. The standard InChI is InChI=1S/C19H28ClN3O.2ClH/c20-17-7-5-15(6-8-17)14-22-9-2-10-23(12-11-22)19(24)13-16-3-1-4-18(16)21;;/h5-8,16,18H,1-4,9-14,21H2;2*1H/t16-,18+;;/m0../s1. The summed E-state index contributed by atoms with van der Waals surface area (Å²) in [7, 11) is 0. The number of hydrogen-bond donors (Lipinski definition) is 1. The molecule has 1 aliphatic heterocycles. The van der Waals surface area contributed by atoms with E-state index in [4.69, 9.17) is 17.3 Å². The zero-order valence-electron chi connectivity index (χ0n) is 15.1. The second-order valence-corrected chi connectivity index (χ2v) is 7.63. The van der Waals surface area contributed by atoms with Gasteiger partial charge in [0.05, 0.1) is 0 Å². The van der Waals surface area contributed by atoms with Crippen LogP contribution in [-0.4, -0.2) is 47.9 Å². The van der Waals surface area contributed by atoms with Crippen LogP contribution in [0.5, 0.6) is 0 Å². The molecule has 1 saturated heterocycles. The van der Waals surface area contributed by atoms with Crippen LogP contribution in [0.15, 0.2) is 24.3 Å². The lowest BCUT2D eigenvalue weighted by Gasteiger charge is -2.24. The lowest BCUT2D eigenvalue weighted by molar-refractivity contribution is -0.132. The van der Waals surface area contributed by atoms with E-state index in [1.807, 2.05) is 17.0 Å². The molecule has 3 rings (SSSR count). The first-order valence-corrected chi connectivity index (χ1v) is 9.50. The van der Waals surface area contributed by atoms with E-state index < -0.39 is 0 Å². The second-order valence-electron chi connectivity index (χ2n) is 7.20. The Bertz CT molecular complexity index is 555. The molecule has 0 spiro atoms. The number of nitrogens with two attached hydrogens (primary N) is 1. The van der Waals surface area contributed by atoms with E-state index in [0.29, 0.717) is 18.2 Å². The van der Waals surface area contributed by atoms with Gasteiger partial charge < -0.3 is 10.6 Å². The maximum absolute atomic E-state index is 12.6. The second kappa shape index (κ2) is 11.4. The van der Waals surface area contributed by atoms with Gasteiger partial charge in [-0.2, -0.15) is 0 Å². The van der Waals surface area contributed by atoms with Crippen LogP contribution in [0.3, 0.4) is 0 Å². The van der Waals surface area contributed by atoms with Gasteiger partial charge in [0.15, 0.2) is 0 Å². The molecule has 0 unspecified atom stereocenters. The topological polar surface area (TPSA) is 49.6 Å².